The lowest BCUT2D eigenvalue weighted by molar-refractivity contribution is -0.141. The van der Waals surface area contributed by atoms with Crippen LogP contribution in [0, 0.1) is 11.8 Å². The topological polar surface area (TPSA) is 114 Å². The van der Waals surface area contributed by atoms with Gasteiger partial charge < -0.3 is 25.2 Å². The minimum atomic E-state index is -0.887. The van der Waals surface area contributed by atoms with Crippen molar-refractivity contribution in [2.45, 2.75) is 43.7 Å². The zero-order chi connectivity index (χ0) is 24.4. The van der Waals surface area contributed by atoms with Crippen LogP contribution in [0.1, 0.15) is 42.7 Å². The summed E-state index contributed by atoms with van der Waals surface area (Å²) in [6.07, 6.45) is 2.05. The summed E-state index contributed by atoms with van der Waals surface area (Å²) in [5.74, 6) is -1.36. The van der Waals surface area contributed by atoms with Gasteiger partial charge in [0.1, 0.15) is 12.6 Å². The van der Waals surface area contributed by atoms with E-state index in [1.165, 1.54) is 0 Å². The summed E-state index contributed by atoms with van der Waals surface area (Å²) in [6, 6.07) is 15.6. The second-order valence-electron chi connectivity index (χ2n) is 9.67. The van der Waals surface area contributed by atoms with E-state index in [0.717, 1.165) is 35.1 Å². The molecule has 2 fully saturated rings. The van der Waals surface area contributed by atoms with Crippen LogP contribution in [-0.4, -0.2) is 55.0 Å². The van der Waals surface area contributed by atoms with E-state index in [0.29, 0.717) is 18.8 Å². The van der Waals surface area contributed by atoms with Crippen molar-refractivity contribution in [1.29, 1.82) is 0 Å². The van der Waals surface area contributed by atoms with Gasteiger partial charge in [-0.1, -0.05) is 61.4 Å². The minimum absolute atomic E-state index is 0.0504. The first-order chi connectivity index (χ1) is 17.0. The Morgan fingerprint density at radius 1 is 1.03 bits per heavy atom. The van der Waals surface area contributed by atoms with E-state index in [1.807, 2.05) is 24.3 Å². The average molecular weight is 479 g/mol. The van der Waals surface area contributed by atoms with Crippen LogP contribution in [-0.2, 0) is 19.1 Å². The summed E-state index contributed by atoms with van der Waals surface area (Å²) < 4.78 is 11.1. The van der Waals surface area contributed by atoms with Gasteiger partial charge in [-0.15, -0.1) is 0 Å². The Labute approximate surface area is 204 Å². The molecule has 2 aliphatic carbocycles. The van der Waals surface area contributed by atoms with Gasteiger partial charge in [0.15, 0.2) is 0 Å². The maximum absolute atomic E-state index is 12.8. The van der Waals surface area contributed by atoms with Crippen LogP contribution < -0.4 is 10.6 Å². The average Bonchev–Trinajstić information content (AvgIpc) is 3.44. The van der Waals surface area contributed by atoms with Gasteiger partial charge in [-0.3, -0.25) is 9.59 Å². The number of rotatable bonds is 9. The van der Waals surface area contributed by atoms with Crippen LogP contribution >= 0.6 is 0 Å². The van der Waals surface area contributed by atoms with Crippen molar-refractivity contribution in [3.63, 3.8) is 0 Å². The lowest BCUT2D eigenvalue weighted by Gasteiger charge is -2.20. The summed E-state index contributed by atoms with van der Waals surface area (Å²) in [5, 5.41) is 14.7. The van der Waals surface area contributed by atoms with Gasteiger partial charge in [-0.25, -0.2) is 4.79 Å². The predicted molar refractivity (Wildman–Crippen MR) is 128 cm³/mol. The molecule has 3 atom stereocenters. The SMILES string of the molecule is O=C(NC(CC1CC1)C(=O)NCC1CC(C(=O)O)CO1)OCC1c2ccccc2-c2ccccc21. The molecule has 2 aromatic rings. The fraction of sp³-hybridized carbons (Fsp3) is 0.444. The Morgan fingerprint density at radius 3 is 2.29 bits per heavy atom. The van der Waals surface area contributed by atoms with Crippen molar-refractivity contribution < 1.29 is 29.0 Å². The molecule has 8 heteroatoms. The van der Waals surface area contributed by atoms with E-state index < -0.39 is 24.0 Å². The van der Waals surface area contributed by atoms with E-state index in [2.05, 4.69) is 34.9 Å². The van der Waals surface area contributed by atoms with Crippen LogP contribution in [0.2, 0.25) is 0 Å². The zero-order valence-electron chi connectivity index (χ0n) is 19.4. The number of hydrogen-bond acceptors (Lipinski definition) is 5. The quantitative estimate of drug-likeness (QED) is 0.510. The van der Waals surface area contributed by atoms with Gasteiger partial charge in [-0.2, -0.15) is 0 Å². The van der Waals surface area contributed by atoms with Crippen molar-refractivity contribution in [2.75, 3.05) is 19.8 Å². The summed E-state index contributed by atoms with van der Waals surface area (Å²) in [6.45, 7) is 0.555. The Bertz CT molecular complexity index is 1070. The highest BCUT2D eigenvalue weighted by Gasteiger charge is 2.34. The highest BCUT2D eigenvalue weighted by Crippen LogP contribution is 2.44. The number of amides is 2. The molecule has 1 saturated carbocycles. The van der Waals surface area contributed by atoms with E-state index in [-0.39, 0.29) is 37.7 Å². The van der Waals surface area contributed by atoms with Gasteiger partial charge in [0.25, 0.3) is 0 Å². The number of carbonyl (C=O) groups excluding carboxylic acids is 2. The second-order valence-corrected chi connectivity index (χ2v) is 9.67. The number of alkyl carbamates (subject to hydrolysis) is 1. The molecule has 1 heterocycles. The number of benzene rings is 2. The molecule has 2 amide bonds. The molecule has 2 aromatic carbocycles. The Hall–Kier alpha value is -3.39. The first-order valence-corrected chi connectivity index (χ1v) is 12.2. The summed E-state index contributed by atoms with van der Waals surface area (Å²) in [4.78, 5) is 36.7. The summed E-state index contributed by atoms with van der Waals surface area (Å²) in [7, 11) is 0. The van der Waals surface area contributed by atoms with E-state index in [4.69, 9.17) is 14.6 Å². The van der Waals surface area contributed by atoms with Crippen LogP contribution in [0.15, 0.2) is 48.5 Å². The lowest BCUT2D eigenvalue weighted by Crippen LogP contribution is -2.48. The maximum Gasteiger partial charge on any atom is 0.407 e. The third kappa shape index (κ3) is 5.32. The number of carboxylic acids is 1. The molecule has 35 heavy (non-hydrogen) atoms. The molecule has 1 aliphatic heterocycles. The van der Waals surface area contributed by atoms with Crippen LogP contribution in [0.25, 0.3) is 11.1 Å². The fourth-order valence-corrected chi connectivity index (χ4v) is 5.06. The smallest absolute Gasteiger partial charge is 0.407 e. The normalized spacial score (nSPS) is 21.6. The van der Waals surface area contributed by atoms with Crippen molar-refractivity contribution in [3.05, 3.63) is 59.7 Å². The van der Waals surface area contributed by atoms with Crippen LogP contribution in [0.4, 0.5) is 4.79 Å². The number of ether oxygens (including phenoxy) is 2. The van der Waals surface area contributed by atoms with Gasteiger partial charge in [0, 0.05) is 12.5 Å². The Balaban J connectivity index is 1.17. The number of aliphatic carboxylic acids is 1. The standard InChI is InChI=1S/C27H30N2O6/c30-25(28-13-18-12-17(14-34-18)26(31)32)24(11-16-9-10-16)29-27(33)35-15-23-21-7-3-1-5-19(21)20-6-2-4-8-22(20)23/h1-8,16-18,23-24H,9-15H2,(H,28,30)(H,29,33)(H,31,32). The molecule has 0 bridgehead atoms. The highest BCUT2D eigenvalue weighted by molar-refractivity contribution is 5.86. The molecule has 184 valence electrons. The lowest BCUT2D eigenvalue weighted by atomic mass is 9.98. The van der Waals surface area contributed by atoms with E-state index >= 15 is 0 Å². The molecule has 3 unspecified atom stereocenters. The number of nitrogens with one attached hydrogen (secondary N) is 2. The van der Waals surface area contributed by atoms with Crippen molar-refractivity contribution in [2.24, 2.45) is 11.8 Å². The molecule has 5 rings (SSSR count). The molecule has 0 aromatic heterocycles. The van der Waals surface area contributed by atoms with Crippen LogP contribution in [0.5, 0.6) is 0 Å². The zero-order valence-corrected chi connectivity index (χ0v) is 19.4. The predicted octanol–water partition coefficient (Wildman–Crippen LogP) is 3.30. The second kappa shape index (κ2) is 10.1. The van der Waals surface area contributed by atoms with Crippen LogP contribution in [0.3, 0.4) is 0 Å². The monoisotopic (exact) mass is 478 g/mol. The Kier molecular flexibility index (Phi) is 6.72. The molecule has 1 saturated heterocycles. The number of fused-ring (bicyclic) bond motifs is 3. The van der Waals surface area contributed by atoms with Gasteiger partial charge in [0.05, 0.1) is 18.6 Å². The largest absolute Gasteiger partial charge is 0.481 e. The van der Waals surface area contributed by atoms with Crippen molar-refractivity contribution in [1.82, 2.24) is 10.6 Å². The molecule has 8 nitrogen and oxygen atoms in total. The van der Waals surface area contributed by atoms with E-state index in [1.54, 1.807) is 0 Å². The number of hydrogen-bond donors (Lipinski definition) is 3. The third-order valence-electron chi connectivity index (χ3n) is 7.15. The molecule has 0 radical (unpaired) electrons. The summed E-state index contributed by atoms with van der Waals surface area (Å²) in [5.41, 5.74) is 4.57. The number of carboxylic acid groups (broad SMARTS) is 1. The van der Waals surface area contributed by atoms with E-state index in [9.17, 15) is 14.4 Å². The minimum Gasteiger partial charge on any atom is -0.481 e. The van der Waals surface area contributed by atoms with Gasteiger partial charge >= 0.3 is 12.1 Å². The third-order valence-corrected chi connectivity index (χ3v) is 7.15. The molecule has 3 N–H and O–H groups in total. The molecular weight excluding hydrogens is 448 g/mol. The van der Waals surface area contributed by atoms with Gasteiger partial charge in [0.2, 0.25) is 5.91 Å². The molecule has 0 spiro atoms. The first-order valence-electron chi connectivity index (χ1n) is 12.2. The fourth-order valence-electron chi connectivity index (χ4n) is 5.06. The van der Waals surface area contributed by atoms with Crippen molar-refractivity contribution >= 4 is 18.0 Å². The number of carbonyl (C=O) groups is 3. The Morgan fingerprint density at radius 2 is 1.69 bits per heavy atom. The molecular formula is C27H30N2O6. The highest BCUT2D eigenvalue weighted by atomic mass is 16.5. The molecule has 3 aliphatic rings. The summed E-state index contributed by atoms with van der Waals surface area (Å²) >= 11 is 0. The van der Waals surface area contributed by atoms with Gasteiger partial charge in [-0.05, 0) is 41.0 Å². The maximum atomic E-state index is 12.8. The first kappa shape index (κ1) is 23.4. The van der Waals surface area contributed by atoms with Crippen molar-refractivity contribution in [3.8, 4) is 11.1 Å².